The minimum Gasteiger partial charge on any atom is -0.364 e. The van der Waals surface area contributed by atoms with Crippen LogP contribution in [-0.2, 0) is 9.47 Å². The third-order valence-corrected chi connectivity index (χ3v) is 1.21. The average Bonchev–Trinajstić information content (AvgIpc) is 1.77. The third kappa shape index (κ3) is 1.40. The Bertz CT molecular complexity index is 101. The van der Waals surface area contributed by atoms with E-state index in [0.29, 0.717) is 13.2 Å². The summed E-state index contributed by atoms with van der Waals surface area (Å²) in [6, 6.07) is 0. The van der Waals surface area contributed by atoms with E-state index in [2.05, 4.69) is 4.74 Å². The van der Waals surface area contributed by atoms with E-state index in [1.165, 1.54) is 6.92 Å². The van der Waals surface area contributed by atoms with Crippen LogP contribution in [0.3, 0.4) is 0 Å². The fourth-order valence-electron chi connectivity index (χ4n) is 0.634. The molecule has 1 aliphatic rings. The molecule has 9 heavy (non-hydrogen) atoms. The molecule has 0 saturated carbocycles. The molecule has 0 amide bonds. The first-order chi connectivity index (χ1) is 4.13. The summed E-state index contributed by atoms with van der Waals surface area (Å²) in [5, 5.41) is 17.9. The number of hydrogen-bond acceptors (Lipinski definition) is 4. The molecule has 1 rings (SSSR count). The van der Waals surface area contributed by atoms with Gasteiger partial charge in [0.15, 0.2) is 0 Å². The molecule has 0 bridgehead atoms. The second-order valence-corrected chi connectivity index (χ2v) is 2.13. The molecule has 0 aromatic carbocycles. The van der Waals surface area contributed by atoms with Crippen molar-refractivity contribution in [3.05, 3.63) is 0 Å². The predicted octanol–water partition coefficient (Wildman–Crippen LogP) is -0.940. The predicted molar refractivity (Wildman–Crippen MR) is 28.5 cm³/mol. The Balaban J connectivity index is 2.49. The van der Waals surface area contributed by atoms with Crippen molar-refractivity contribution in [3.63, 3.8) is 0 Å². The van der Waals surface area contributed by atoms with Gasteiger partial charge in [0.05, 0.1) is 13.2 Å². The van der Waals surface area contributed by atoms with Gasteiger partial charge >= 0.3 is 0 Å². The third-order valence-electron chi connectivity index (χ3n) is 1.21. The topological polar surface area (TPSA) is 58.9 Å². The number of aliphatic hydroxyl groups is 2. The highest BCUT2D eigenvalue weighted by Crippen LogP contribution is 2.16. The lowest BCUT2D eigenvalue weighted by Gasteiger charge is -2.32. The van der Waals surface area contributed by atoms with Gasteiger partial charge in [-0.05, 0) is 6.92 Å². The van der Waals surface area contributed by atoms with Crippen molar-refractivity contribution in [2.45, 2.75) is 19.0 Å². The summed E-state index contributed by atoms with van der Waals surface area (Å²) in [4.78, 5) is 0. The Morgan fingerprint density at radius 1 is 1.56 bits per heavy atom. The van der Waals surface area contributed by atoms with E-state index in [4.69, 9.17) is 14.9 Å². The molecule has 0 aromatic rings. The number of hydrogen-bond donors (Lipinski definition) is 2. The van der Waals surface area contributed by atoms with Gasteiger partial charge in [0.1, 0.15) is 0 Å². The molecule has 2 atom stereocenters. The van der Waals surface area contributed by atoms with Gasteiger partial charge in [0, 0.05) is 0 Å². The molecular formula is C5H10O4. The van der Waals surface area contributed by atoms with Gasteiger partial charge in [0.2, 0.25) is 12.1 Å². The zero-order valence-corrected chi connectivity index (χ0v) is 5.20. The number of ether oxygens (including phenoxy) is 2. The maximum atomic E-state index is 9.05. The molecule has 54 valence electrons. The quantitative estimate of drug-likeness (QED) is 0.449. The highest BCUT2D eigenvalue weighted by molar-refractivity contribution is 4.66. The van der Waals surface area contributed by atoms with E-state index in [9.17, 15) is 0 Å². The summed E-state index contributed by atoms with van der Waals surface area (Å²) in [6.45, 7) is 2.01. The van der Waals surface area contributed by atoms with E-state index in [1.54, 1.807) is 0 Å². The summed E-state index contributed by atoms with van der Waals surface area (Å²) in [5.41, 5.74) is 0. The van der Waals surface area contributed by atoms with E-state index in [-0.39, 0.29) is 0 Å². The lowest BCUT2D eigenvalue weighted by molar-refractivity contribution is -0.350. The largest absolute Gasteiger partial charge is 0.364 e. The molecule has 4 nitrogen and oxygen atoms in total. The van der Waals surface area contributed by atoms with Crippen LogP contribution in [0.4, 0.5) is 0 Å². The van der Waals surface area contributed by atoms with Crippen molar-refractivity contribution in [3.8, 4) is 0 Å². The van der Waals surface area contributed by atoms with Gasteiger partial charge in [-0.15, -0.1) is 0 Å². The number of aliphatic hydroxyl groups excluding tert-OH is 1. The SMILES string of the molecule is C[C@]1(O)OCCO[C@H]1O. The normalized spacial score (nSPS) is 45.0. The highest BCUT2D eigenvalue weighted by Gasteiger charge is 2.35. The van der Waals surface area contributed by atoms with Crippen molar-refractivity contribution in [2.75, 3.05) is 13.2 Å². The zero-order chi connectivity index (χ0) is 6.91. The molecular weight excluding hydrogens is 124 g/mol. The summed E-state index contributed by atoms with van der Waals surface area (Å²) in [7, 11) is 0. The fraction of sp³-hybridized carbons (Fsp3) is 1.00. The van der Waals surface area contributed by atoms with Crippen LogP contribution < -0.4 is 0 Å². The minimum absolute atomic E-state index is 0.323. The lowest BCUT2D eigenvalue weighted by Crippen LogP contribution is -2.48. The van der Waals surface area contributed by atoms with Gasteiger partial charge in [-0.2, -0.15) is 0 Å². The van der Waals surface area contributed by atoms with Crippen molar-refractivity contribution >= 4 is 0 Å². The second kappa shape index (κ2) is 2.22. The first-order valence-electron chi connectivity index (χ1n) is 2.79. The molecule has 1 saturated heterocycles. The Kier molecular flexibility index (Phi) is 1.72. The van der Waals surface area contributed by atoms with Crippen LogP contribution in [0.25, 0.3) is 0 Å². The molecule has 1 heterocycles. The molecule has 1 aliphatic heterocycles. The fourth-order valence-corrected chi connectivity index (χ4v) is 0.634. The van der Waals surface area contributed by atoms with Crippen molar-refractivity contribution in [1.29, 1.82) is 0 Å². The van der Waals surface area contributed by atoms with Crippen LogP contribution >= 0.6 is 0 Å². The van der Waals surface area contributed by atoms with Crippen LogP contribution in [0.2, 0.25) is 0 Å². The van der Waals surface area contributed by atoms with Gasteiger partial charge < -0.3 is 19.7 Å². The maximum Gasteiger partial charge on any atom is 0.215 e. The Labute approximate surface area is 53.0 Å². The van der Waals surface area contributed by atoms with Crippen LogP contribution in [-0.4, -0.2) is 35.5 Å². The summed E-state index contributed by atoms with van der Waals surface area (Å²) in [6.07, 6.45) is -1.22. The van der Waals surface area contributed by atoms with E-state index in [0.717, 1.165) is 0 Å². The Morgan fingerprint density at radius 2 is 2.22 bits per heavy atom. The van der Waals surface area contributed by atoms with E-state index >= 15 is 0 Å². The Morgan fingerprint density at radius 3 is 2.56 bits per heavy atom. The summed E-state index contributed by atoms with van der Waals surface area (Å²) in [5.74, 6) is -1.53. The van der Waals surface area contributed by atoms with Crippen LogP contribution in [0, 0.1) is 0 Å². The van der Waals surface area contributed by atoms with Crippen LogP contribution in [0.5, 0.6) is 0 Å². The number of rotatable bonds is 0. The van der Waals surface area contributed by atoms with Gasteiger partial charge in [-0.3, -0.25) is 0 Å². The first kappa shape index (κ1) is 6.95. The van der Waals surface area contributed by atoms with Crippen molar-refractivity contribution in [2.24, 2.45) is 0 Å². The zero-order valence-electron chi connectivity index (χ0n) is 5.20. The molecule has 0 aromatic heterocycles. The summed E-state index contributed by atoms with van der Waals surface area (Å²) < 4.78 is 9.43. The average molecular weight is 134 g/mol. The Hall–Kier alpha value is -0.160. The first-order valence-corrected chi connectivity index (χ1v) is 2.79. The molecule has 2 N–H and O–H groups in total. The van der Waals surface area contributed by atoms with Crippen molar-refractivity contribution < 1.29 is 19.7 Å². The van der Waals surface area contributed by atoms with Gasteiger partial charge in [0.25, 0.3) is 0 Å². The van der Waals surface area contributed by atoms with Crippen LogP contribution in [0.1, 0.15) is 6.92 Å². The molecule has 1 fully saturated rings. The molecule has 0 unspecified atom stereocenters. The minimum atomic E-state index is -1.53. The monoisotopic (exact) mass is 134 g/mol. The standard InChI is InChI=1S/C5H10O4/c1-5(7)4(6)8-2-3-9-5/h4,6-7H,2-3H2,1H3/t4-,5+/m1/s1. The second-order valence-electron chi connectivity index (χ2n) is 2.13. The summed E-state index contributed by atoms with van der Waals surface area (Å²) >= 11 is 0. The lowest BCUT2D eigenvalue weighted by atomic mass is 10.3. The van der Waals surface area contributed by atoms with Gasteiger partial charge in [-0.1, -0.05) is 0 Å². The van der Waals surface area contributed by atoms with Crippen molar-refractivity contribution in [1.82, 2.24) is 0 Å². The highest BCUT2D eigenvalue weighted by atomic mass is 16.7. The maximum absolute atomic E-state index is 9.05. The molecule has 0 aliphatic carbocycles. The molecule has 0 spiro atoms. The molecule has 0 radical (unpaired) electrons. The van der Waals surface area contributed by atoms with Gasteiger partial charge in [-0.25, -0.2) is 0 Å². The van der Waals surface area contributed by atoms with E-state index < -0.39 is 12.1 Å². The smallest absolute Gasteiger partial charge is 0.215 e. The van der Waals surface area contributed by atoms with E-state index in [1.807, 2.05) is 0 Å². The van der Waals surface area contributed by atoms with Crippen LogP contribution in [0.15, 0.2) is 0 Å². The molecule has 4 heteroatoms.